The summed E-state index contributed by atoms with van der Waals surface area (Å²) in [7, 11) is 1.99. The Morgan fingerprint density at radius 3 is 2.77 bits per heavy atom. The largest absolute Gasteiger partial charge is 0.338 e. The molecule has 1 aromatic heterocycles. The Morgan fingerprint density at radius 1 is 1.03 bits per heavy atom. The fourth-order valence-electron chi connectivity index (χ4n) is 6.46. The van der Waals surface area contributed by atoms with E-state index in [1.807, 2.05) is 36.1 Å². The van der Waals surface area contributed by atoms with E-state index in [9.17, 15) is 4.79 Å². The molecule has 6 rings (SSSR count). The van der Waals surface area contributed by atoms with Gasteiger partial charge in [0.2, 0.25) is 0 Å². The first kappa shape index (κ1) is 19.1. The standard InChI is InChI=1S/C26H30N4O/c1-28-17-27-22-13-20(10-11-25(22)28)26(31)29-14-18-12-21(16-29)24-9-5-8-23(30(24)15-18)19-6-3-2-4-7-19/h2-4,6-7,10-11,13,17-18,21,23-24H,5,8-9,12,14-16H2,1H3/t18-,21+,23+,24-/m0/s1. The average molecular weight is 415 g/mol. The lowest BCUT2D eigenvalue weighted by molar-refractivity contribution is -0.0511. The van der Waals surface area contributed by atoms with E-state index in [2.05, 4.69) is 45.1 Å². The monoisotopic (exact) mass is 414 g/mol. The van der Waals surface area contributed by atoms with Gasteiger partial charge in [-0.25, -0.2) is 4.98 Å². The summed E-state index contributed by atoms with van der Waals surface area (Å²) in [5.74, 6) is 1.33. The molecule has 0 saturated carbocycles. The molecule has 2 bridgehead atoms. The molecule has 3 saturated heterocycles. The molecule has 2 aromatic carbocycles. The van der Waals surface area contributed by atoms with E-state index in [-0.39, 0.29) is 5.91 Å². The Morgan fingerprint density at radius 2 is 1.90 bits per heavy atom. The van der Waals surface area contributed by atoms with Crippen molar-refractivity contribution in [2.75, 3.05) is 19.6 Å². The molecule has 0 spiro atoms. The number of carbonyl (C=O) groups excluding carboxylic acids is 1. The zero-order chi connectivity index (χ0) is 20.9. The van der Waals surface area contributed by atoms with Crippen LogP contribution in [0.25, 0.3) is 11.0 Å². The minimum absolute atomic E-state index is 0.172. The van der Waals surface area contributed by atoms with Crippen molar-refractivity contribution in [3.63, 3.8) is 0 Å². The summed E-state index contributed by atoms with van der Waals surface area (Å²) in [6, 6.07) is 18.1. The van der Waals surface area contributed by atoms with Crippen LogP contribution < -0.4 is 0 Å². The van der Waals surface area contributed by atoms with Gasteiger partial charge in [-0.3, -0.25) is 9.69 Å². The van der Waals surface area contributed by atoms with Crippen molar-refractivity contribution < 1.29 is 4.79 Å². The van der Waals surface area contributed by atoms with E-state index in [1.54, 1.807) is 0 Å². The molecule has 4 atom stereocenters. The molecule has 3 fully saturated rings. The molecule has 0 unspecified atom stereocenters. The number of aryl methyl sites for hydroxylation is 1. The second kappa shape index (κ2) is 7.49. The van der Waals surface area contributed by atoms with Crippen LogP contribution in [0.5, 0.6) is 0 Å². The van der Waals surface area contributed by atoms with E-state index in [4.69, 9.17) is 0 Å². The van der Waals surface area contributed by atoms with Crippen molar-refractivity contribution in [1.29, 1.82) is 0 Å². The van der Waals surface area contributed by atoms with Gasteiger partial charge in [-0.1, -0.05) is 30.3 Å². The van der Waals surface area contributed by atoms with Crippen LogP contribution in [0.4, 0.5) is 0 Å². The van der Waals surface area contributed by atoms with Gasteiger partial charge in [0.15, 0.2) is 0 Å². The third-order valence-corrected chi connectivity index (χ3v) is 7.83. The molecule has 31 heavy (non-hydrogen) atoms. The van der Waals surface area contributed by atoms with E-state index in [0.29, 0.717) is 23.9 Å². The first-order valence-electron chi connectivity index (χ1n) is 11.7. The summed E-state index contributed by atoms with van der Waals surface area (Å²) < 4.78 is 2.00. The van der Waals surface area contributed by atoms with Gasteiger partial charge >= 0.3 is 0 Å². The Kier molecular flexibility index (Phi) is 4.60. The summed E-state index contributed by atoms with van der Waals surface area (Å²) in [5.41, 5.74) is 4.20. The van der Waals surface area contributed by atoms with Crippen LogP contribution in [-0.4, -0.2) is 50.9 Å². The van der Waals surface area contributed by atoms with Gasteiger partial charge in [-0.05, 0) is 61.3 Å². The highest BCUT2D eigenvalue weighted by atomic mass is 16.2. The van der Waals surface area contributed by atoms with E-state index in [1.165, 1.54) is 31.2 Å². The fraction of sp³-hybridized carbons (Fsp3) is 0.462. The van der Waals surface area contributed by atoms with Gasteiger partial charge in [0.1, 0.15) is 0 Å². The van der Waals surface area contributed by atoms with Crippen molar-refractivity contribution in [3.8, 4) is 0 Å². The van der Waals surface area contributed by atoms with Crippen LogP contribution in [0.3, 0.4) is 0 Å². The second-order valence-electron chi connectivity index (χ2n) is 9.75. The lowest BCUT2D eigenvalue weighted by Gasteiger charge is -2.55. The van der Waals surface area contributed by atoms with Crippen LogP contribution in [0.2, 0.25) is 0 Å². The smallest absolute Gasteiger partial charge is 0.253 e. The summed E-state index contributed by atoms with van der Waals surface area (Å²) >= 11 is 0. The maximum atomic E-state index is 13.4. The van der Waals surface area contributed by atoms with Crippen LogP contribution in [0, 0.1) is 11.8 Å². The van der Waals surface area contributed by atoms with Gasteiger partial charge in [0.05, 0.1) is 17.4 Å². The molecule has 0 aliphatic carbocycles. The number of likely N-dealkylation sites (tertiary alicyclic amines) is 1. The highest BCUT2D eigenvalue weighted by Gasteiger charge is 2.45. The quantitative estimate of drug-likeness (QED) is 0.629. The molecule has 0 N–H and O–H groups in total. The number of rotatable bonds is 2. The Hall–Kier alpha value is -2.66. The van der Waals surface area contributed by atoms with Crippen molar-refractivity contribution in [1.82, 2.24) is 19.4 Å². The maximum absolute atomic E-state index is 13.4. The number of carbonyl (C=O) groups is 1. The van der Waals surface area contributed by atoms with Gasteiger partial charge in [-0.15, -0.1) is 0 Å². The second-order valence-corrected chi connectivity index (χ2v) is 9.75. The topological polar surface area (TPSA) is 41.4 Å². The molecule has 5 nitrogen and oxygen atoms in total. The minimum atomic E-state index is 0.172. The zero-order valence-electron chi connectivity index (χ0n) is 18.2. The summed E-state index contributed by atoms with van der Waals surface area (Å²) in [5, 5.41) is 0. The molecular weight excluding hydrogens is 384 g/mol. The molecular formula is C26H30N4O. The van der Waals surface area contributed by atoms with Gasteiger partial charge in [-0.2, -0.15) is 0 Å². The number of benzene rings is 2. The summed E-state index contributed by atoms with van der Waals surface area (Å²) in [6.07, 6.45) is 6.89. The number of aromatic nitrogens is 2. The molecule has 3 aromatic rings. The highest BCUT2D eigenvalue weighted by Crippen LogP contribution is 2.44. The van der Waals surface area contributed by atoms with E-state index in [0.717, 1.165) is 36.2 Å². The first-order valence-corrected chi connectivity index (χ1v) is 11.7. The number of fused-ring (bicyclic) bond motifs is 5. The SMILES string of the molecule is Cn1cnc2cc(C(=O)N3C[C@@H]4C[C@H](C3)[C@@H]3CCC[C@H](c5ccccc5)N3C4)ccc21. The maximum Gasteiger partial charge on any atom is 0.253 e. The van der Waals surface area contributed by atoms with Crippen molar-refractivity contribution in [2.45, 2.75) is 37.8 Å². The number of amides is 1. The molecule has 0 radical (unpaired) electrons. The molecule has 3 aliphatic rings. The van der Waals surface area contributed by atoms with E-state index < -0.39 is 0 Å². The van der Waals surface area contributed by atoms with Crippen LogP contribution in [0.15, 0.2) is 54.9 Å². The number of imidazole rings is 1. The molecule has 3 aliphatic heterocycles. The minimum Gasteiger partial charge on any atom is -0.338 e. The number of piperidine rings is 3. The summed E-state index contributed by atoms with van der Waals surface area (Å²) in [6.45, 7) is 2.88. The molecule has 4 heterocycles. The summed E-state index contributed by atoms with van der Waals surface area (Å²) in [4.78, 5) is 22.8. The first-order chi connectivity index (χ1) is 15.2. The Labute approximate surface area is 183 Å². The van der Waals surface area contributed by atoms with Crippen LogP contribution >= 0.6 is 0 Å². The number of nitrogens with zero attached hydrogens (tertiary/aromatic N) is 4. The van der Waals surface area contributed by atoms with Crippen molar-refractivity contribution in [2.24, 2.45) is 18.9 Å². The zero-order valence-corrected chi connectivity index (χ0v) is 18.2. The van der Waals surface area contributed by atoms with Gasteiger partial charge in [0, 0.05) is 44.3 Å². The lowest BCUT2D eigenvalue weighted by Crippen LogP contribution is -2.60. The third-order valence-electron chi connectivity index (χ3n) is 7.83. The Balaban J connectivity index is 1.23. The number of hydrogen-bond donors (Lipinski definition) is 0. The van der Waals surface area contributed by atoms with Crippen LogP contribution in [-0.2, 0) is 7.05 Å². The normalized spacial score (nSPS) is 28.5. The highest BCUT2D eigenvalue weighted by molar-refractivity contribution is 5.97. The Bertz CT molecular complexity index is 1110. The average Bonchev–Trinajstić information content (AvgIpc) is 3.18. The fourth-order valence-corrected chi connectivity index (χ4v) is 6.46. The molecule has 5 heteroatoms. The third kappa shape index (κ3) is 3.26. The predicted octanol–water partition coefficient (Wildman–Crippen LogP) is 4.26. The number of hydrogen-bond acceptors (Lipinski definition) is 3. The van der Waals surface area contributed by atoms with Crippen LogP contribution in [0.1, 0.15) is 47.6 Å². The molecule has 1 amide bonds. The van der Waals surface area contributed by atoms with E-state index >= 15 is 0 Å². The lowest BCUT2D eigenvalue weighted by atomic mass is 9.74. The van der Waals surface area contributed by atoms with Crippen molar-refractivity contribution >= 4 is 16.9 Å². The van der Waals surface area contributed by atoms with Gasteiger partial charge in [0.25, 0.3) is 5.91 Å². The molecule has 160 valence electrons. The van der Waals surface area contributed by atoms with Crippen molar-refractivity contribution in [3.05, 3.63) is 66.0 Å². The van der Waals surface area contributed by atoms with Gasteiger partial charge < -0.3 is 9.47 Å². The predicted molar refractivity (Wildman–Crippen MR) is 122 cm³/mol.